The molecule has 65 heavy (non-hydrogen) atoms. The molecule has 5 rings (SSSR count). The van der Waals surface area contributed by atoms with Crippen molar-refractivity contribution in [2.75, 3.05) is 31.7 Å². The van der Waals surface area contributed by atoms with Gasteiger partial charge in [-0.1, -0.05) is 69.2 Å². The summed E-state index contributed by atoms with van der Waals surface area (Å²) in [6, 6.07) is 5.25. The van der Waals surface area contributed by atoms with Gasteiger partial charge in [-0.25, -0.2) is 9.97 Å². The summed E-state index contributed by atoms with van der Waals surface area (Å²) in [5, 5.41) is 24.1. The first-order chi connectivity index (χ1) is 30.7. The number of nitriles is 1. The van der Waals surface area contributed by atoms with Crippen LogP contribution in [0.5, 0.6) is 5.88 Å². The Morgan fingerprint density at radius 1 is 1.08 bits per heavy atom. The SMILES string of the molecule is CC(C)CNc1nc2c(ccn2[C@@H]2O[C@H](CO)[C@@H](O[Si](O[Si](O)(C(C)C)C(C)C)(C(C)C)C(C)C)[C@H]2O[P@](=S)(OCCC#N)OC[C@H]2C[C@@H](Oc3ccncn3)C[C@@H]2O[P+](=O)O)c(=O)[nH]1. The molecule has 3 aromatic rings. The third kappa shape index (κ3) is 12.9. The maximum absolute atomic E-state index is 13.5. The fourth-order valence-corrected chi connectivity index (χ4v) is 20.8. The molecule has 0 radical (unpaired) electrons. The largest absolute Gasteiger partial charge is 0.695 e. The van der Waals surface area contributed by atoms with E-state index in [1.54, 1.807) is 22.9 Å². The Labute approximate surface area is 388 Å². The van der Waals surface area contributed by atoms with E-state index in [1.165, 1.54) is 12.5 Å². The molecule has 2 aliphatic rings. The summed E-state index contributed by atoms with van der Waals surface area (Å²) in [5.41, 5.74) is -1.04. The number of ether oxygens (including phenoxy) is 2. The Bertz CT molecular complexity index is 2170. The Hall–Kier alpha value is -2.63. The lowest BCUT2D eigenvalue weighted by Gasteiger charge is -2.47. The van der Waals surface area contributed by atoms with E-state index in [0.717, 1.165) is 0 Å². The van der Waals surface area contributed by atoms with Crippen LogP contribution in [0, 0.1) is 23.2 Å². The minimum Gasteiger partial charge on any atom is -0.474 e. The molecular formula is C40H66N7O13P2SSi2+. The molecule has 2 fully saturated rings. The molecule has 5 N–H and O–H groups in total. The Morgan fingerprint density at radius 3 is 2.37 bits per heavy atom. The predicted octanol–water partition coefficient (Wildman–Crippen LogP) is 6.84. The maximum atomic E-state index is 13.5. The number of H-pyrrole nitrogens is 1. The van der Waals surface area contributed by atoms with E-state index >= 15 is 0 Å². The molecule has 0 spiro atoms. The highest BCUT2D eigenvalue weighted by molar-refractivity contribution is 8.07. The molecule has 3 aromatic heterocycles. The normalized spacial score (nSPS) is 24.1. The third-order valence-electron chi connectivity index (χ3n) is 11.7. The predicted molar refractivity (Wildman–Crippen MR) is 250 cm³/mol. The number of aliphatic hydroxyl groups is 1. The number of hydrogen-bond acceptors (Lipinski definition) is 18. The first kappa shape index (κ1) is 53.3. The van der Waals surface area contributed by atoms with Crippen LogP contribution in [0.3, 0.4) is 0 Å². The average molecular weight is 1000 g/mol. The maximum Gasteiger partial charge on any atom is 0.695 e. The Kier molecular flexibility index (Phi) is 19.0. The Morgan fingerprint density at radius 2 is 1.78 bits per heavy atom. The van der Waals surface area contributed by atoms with Crippen molar-refractivity contribution < 1.29 is 55.5 Å². The van der Waals surface area contributed by atoms with Gasteiger partial charge in [-0.2, -0.15) is 10.2 Å². The summed E-state index contributed by atoms with van der Waals surface area (Å²) in [4.78, 5) is 51.3. The van der Waals surface area contributed by atoms with E-state index in [2.05, 4.69) is 26.3 Å². The summed E-state index contributed by atoms with van der Waals surface area (Å²) in [6.45, 7) is 15.4. The van der Waals surface area contributed by atoms with Gasteiger partial charge in [-0.15, -0.1) is 9.42 Å². The van der Waals surface area contributed by atoms with Gasteiger partial charge in [-0.3, -0.25) is 14.3 Å². The number of rotatable bonds is 25. The molecule has 1 aliphatic heterocycles. The number of hydrogen-bond donors (Lipinski definition) is 5. The highest BCUT2D eigenvalue weighted by Gasteiger charge is 2.60. The molecule has 1 saturated carbocycles. The van der Waals surface area contributed by atoms with Gasteiger partial charge in [0.2, 0.25) is 11.8 Å². The van der Waals surface area contributed by atoms with E-state index in [9.17, 15) is 29.4 Å². The number of aliphatic hydroxyl groups excluding tert-OH is 1. The van der Waals surface area contributed by atoms with E-state index in [1.807, 2.05) is 69.2 Å². The second-order valence-corrected chi connectivity index (χ2v) is 30.4. The van der Waals surface area contributed by atoms with Gasteiger partial charge in [0.05, 0.1) is 37.7 Å². The van der Waals surface area contributed by atoms with Crippen LogP contribution >= 0.6 is 15.0 Å². The first-order valence-corrected chi connectivity index (χ1v) is 29.7. The lowest BCUT2D eigenvalue weighted by molar-refractivity contribution is -0.0506. The summed E-state index contributed by atoms with van der Waals surface area (Å²) >= 11 is 6.18. The second kappa shape index (κ2) is 23.1. The summed E-state index contributed by atoms with van der Waals surface area (Å²) in [7, 11) is -10.1. The number of aromatic nitrogens is 5. The van der Waals surface area contributed by atoms with Gasteiger partial charge in [-0.05, 0) is 52.4 Å². The highest BCUT2D eigenvalue weighted by Crippen LogP contribution is 2.56. The van der Waals surface area contributed by atoms with Crippen molar-refractivity contribution in [1.82, 2.24) is 24.5 Å². The fraction of sp³-hybridized carbons (Fsp3) is 0.725. The van der Waals surface area contributed by atoms with Gasteiger partial charge in [0.25, 0.3) is 5.56 Å². The van der Waals surface area contributed by atoms with E-state index in [-0.39, 0.29) is 71.1 Å². The number of anilines is 1. The standard InChI is InChI=1S/C40H65N7O13P2SSi2/c1-24(2)20-43-40-45-37-31(38(49)46-40)13-16-47(37)39-36(35(33(21-48)56-39)59-65(27(7)8,28(9)10)60-64(52,25(3)4)26(5)6)58-62(63,53-17-11-14-41)54-22-29-18-30(19-32(29)57-61(50)51)55-34-12-15-42-23-44-34/h12-13,15-16,23-30,32-33,35-36,39,48,52H,11,17-22H2,1-10H3,(H2-,43,45,46,49,50,51)/p+1/t29-,30-,32+,33-,35-,36-,39-,62+/m1/s1. The van der Waals surface area contributed by atoms with E-state index in [0.29, 0.717) is 18.8 Å². The molecule has 362 valence electrons. The van der Waals surface area contributed by atoms with Crippen LogP contribution in [-0.4, -0.2) is 113 Å². The smallest absolute Gasteiger partial charge is 0.474 e. The molecule has 25 heteroatoms. The molecule has 0 bridgehead atoms. The third-order valence-corrected chi connectivity index (χ3v) is 24.3. The topological polar surface area (TPSA) is 264 Å². The van der Waals surface area contributed by atoms with Crippen molar-refractivity contribution in [3.8, 4) is 11.9 Å². The molecule has 20 nitrogen and oxygen atoms in total. The second-order valence-electron chi connectivity index (χ2n) is 18.1. The van der Waals surface area contributed by atoms with E-state index in [4.69, 9.17) is 52.9 Å². The minimum atomic E-state index is -3.99. The summed E-state index contributed by atoms with van der Waals surface area (Å²) < 4.78 is 65.9. The molecule has 9 atom stereocenters. The minimum absolute atomic E-state index is 0.0663. The highest BCUT2D eigenvalue weighted by atomic mass is 32.5. The fourth-order valence-electron chi connectivity index (χ4n) is 8.25. The van der Waals surface area contributed by atoms with Crippen LogP contribution in [-0.2, 0) is 47.7 Å². The zero-order valence-corrected chi connectivity index (χ0v) is 43.3. The van der Waals surface area contributed by atoms with Gasteiger partial charge >= 0.3 is 32.1 Å². The van der Waals surface area contributed by atoms with Crippen LogP contribution in [0.2, 0.25) is 22.2 Å². The molecule has 1 unspecified atom stereocenters. The zero-order chi connectivity index (χ0) is 47.9. The summed E-state index contributed by atoms with van der Waals surface area (Å²) in [6.07, 6.45) is -0.912. The monoisotopic (exact) mass is 1000 g/mol. The van der Waals surface area contributed by atoms with Gasteiger partial charge < -0.3 is 46.8 Å². The van der Waals surface area contributed by atoms with Crippen LogP contribution in [0.15, 0.2) is 35.6 Å². The average Bonchev–Trinajstić information content (AvgIpc) is 3.93. The van der Waals surface area contributed by atoms with Crippen LogP contribution in [0.25, 0.3) is 11.0 Å². The molecular weight excluding hydrogens is 937 g/mol. The number of fused-ring (bicyclic) bond motifs is 1. The van der Waals surface area contributed by atoms with Gasteiger partial charge in [0.15, 0.2) is 11.9 Å². The van der Waals surface area contributed by atoms with Crippen LogP contribution in [0.1, 0.15) is 94.7 Å². The van der Waals surface area contributed by atoms with Crippen molar-refractivity contribution in [3.05, 3.63) is 41.2 Å². The van der Waals surface area contributed by atoms with Crippen molar-refractivity contribution in [2.24, 2.45) is 11.8 Å². The van der Waals surface area contributed by atoms with Crippen molar-refractivity contribution in [3.63, 3.8) is 0 Å². The number of nitrogens with one attached hydrogen (secondary N) is 2. The molecule has 0 amide bonds. The Balaban J connectivity index is 1.61. The first-order valence-electron chi connectivity index (χ1n) is 22.1. The quantitative estimate of drug-likeness (QED) is 0.0330. The van der Waals surface area contributed by atoms with Crippen molar-refractivity contribution in [2.45, 2.75) is 147 Å². The van der Waals surface area contributed by atoms with Crippen LogP contribution < -0.4 is 15.6 Å². The lowest BCUT2D eigenvalue weighted by Crippen LogP contribution is -2.62. The molecule has 1 saturated heterocycles. The van der Waals surface area contributed by atoms with Gasteiger partial charge in [0.1, 0.15) is 36.8 Å². The van der Waals surface area contributed by atoms with Crippen molar-refractivity contribution in [1.29, 1.82) is 5.26 Å². The molecule has 1 aliphatic carbocycles. The van der Waals surface area contributed by atoms with Crippen LogP contribution in [0.4, 0.5) is 5.95 Å². The number of nitrogens with zero attached hydrogens (tertiary/aromatic N) is 5. The van der Waals surface area contributed by atoms with Gasteiger partial charge in [0, 0.05) is 41.9 Å². The number of aromatic amines is 1. The molecule has 0 aromatic carbocycles. The van der Waals surface area contributed by atoms with E-state index < -0.39 is 86.9 Å². The van der Waals surface area contributed by atoms with Crippen molar-refractivity contribution >= 4 is 60.9 Å². The summed E-state index contributed by atoms with van der Waals surface area (Å²) in [5.74, 6) is 0.242. The zero-order valence-electron chi connectivity index (χ0n) is 38.7. The lowest BCUT2D eigenvalue weighted by atomic mass is 10.1. The molecule has 4 heterocycles.